The summed E-state index contributed by atoms with van der Waals surface area (Å²) in [5, 5.41) is 16.1. The summed E-state index contributed by atoms with van der Waals surface area (Å²) >= 11 is 0. The number of rotatable bonds is 9. The molecule has 0 radical (unpaired) electrons. The molecule has 3 N–H and O–H groups in total. The summed E-state index contributed by atoms with van der Waals surface area (Å²) in [5.41, 5.74) is 4.87. The summed E-state index contributed by atoms with van der Waals surface area (Å²) < 4.78 is 7.56. The molecular formula is C36H38N4O5. The number of carbonyl (C=O) groups is 3. The van der Waals surface area contributed by atoms with Gasteiger partial charge in [-0.2, -0.15) is 0 Å². The number of aryl methyl sites for hydroxylation is 1. The summed E-state index contributed by atoms with van der Waals surface area (Å²) in [5.74, 6) is -0.587. The van der Waals surface area contributed by atoms with Crippen LogP contribution in [0, 0.1) is 0 Å². The number of carboxylic acid groups (broad SMARTS) is 1. The molecule has 0 spiro atoms. The number of hydrogen-bond donors (Lipinski definition) is 3. The van der Waals surface area contributed by atoms with Crippen molar-refractivity contribution in [3.63, 3.8) is 0 Å². The predicted molar refractivity (Wildman–Crippen MR) is 174 cm³/mol. The topological polar surface area (TPSA) is 123 Å². The van der Waals surface area contributed by atoms with Crippen molar-refractivity contribution in [1.82, 2.24) is 14.9 Å². The number of nitrogens with one attached hydrogen (secondary N) is 2. The van der Waals surface area contributed by atoms with Crippen molar-refractivity contribution in [2.75, 3.05) is 12.4 Å². The fourth-order valence-corrected chi connectivity index (χ4v) is 6.98. The van der Waals surface area contributed by atoms with Crippen LogP contribution in [0.25, 0.3) is 28.4 Å². The summed E-state index contributed by atoms with van der Waals surface area (Å²) in [6.07, 6.45) is 9.97. The van der Waals surface area contributed by atoms with Crippen molar-refractivity contribution >= 4 is 40.4 Å². The van der Waals surface area contributed by atoms with E-state index >= 15 is 0 Å². The minimum atomic E-state index is -1.03. The van der Waals surface area contributed by atoms with Crippen LogP contribution in [-0.2, 0) is 16.6 Å². The predicted octanol–water partition coefficient (Wildman–Crippen LogP) is 6.69. The van der Waals surface area contributed by atoms with Crippen LogP contribution in [0.15, 0.2) is 66.7 Å². The van der Waals surface area contributed by atoms with Gasteiger partial charge in [-0.1, -0.05) is 49.9 Å². The Balaban J connectivity index is 1.28. The number of hydrogen-bond acceptors (Lipinski definition) is 5. The van der Waals surface area contributed by atoms with Gasteiger partial charge in [-0.05, 0) is 79.1 Å². The molecule has 2 aliphatic carbocycles. The molecule has 2 amide bonds. The maximum Gasteiger partial charge on any atom is 0.328 e. The maximum absolute atomic E-state index is 13.8. The number of benzene rings is 2. The van der Waals surface area contributed by atoms with E-state index in [4.69, 9.17) is 14.8 Å². The Kier molecular flexibility index (Phi) is 8.43. The lowest BCUT2D eigenvalue weighted by molar-refractivity contribution is -0.131. The number of carboxylic acids is 1. The average Bonchev–Trinajstić information content (AvgIpc) is 3.81. The molecule has 4 aromatic rings. The minimum absolute atomic E-state index is 0.253. The highest BCUT2D eigenvalue weighted by molar-refractivity contribution is 6.05. The molecule has 2 saturated carbocycles. The Bertz CT molecular complexity index is 1780. The van der Waals surface area contributed by atoms with Gasteiger partial charge in [0.1, 0.15) is 5.54 Å². The molecule has 2 heterocycles. The minimum Gasteiger partial charge on any atom is -0.481 e. The zero-order chi connectivity index (χ0) is 31.6. The number of aromatic nitrogens is 2. The molecule has 0 bridgehead atoms. The Hall–Kier alpha value is -4.92. The first-order valence-corrected chi connectivity index (χ1v) is 15.6. The van der Waals surface area contributed by atoms with Crippen LogP contribution in [0.1, 0.15) is 78.8 Å². The highest BCUT2D eigenvalue weighted by atomic mass is 16.5. The molecule has 2 fully saturated rings. The second-order valence-electron chi connectivity index (χ2n) is 12.1. The Morgan fingerprint density at radius 1 is 1.00 bits per heavy atom. The number of ether oxygens (including phenoxy) is 1. The average molecular weight is 607 g/mol. The largest absolute Gasteiger partial charge is 0.481 e. The highest BCUT2D eigenvalue weighted by Gasteiger charge is 2.42. The second-order valence-corrected chi connectivity index (χ2v) is 12.1. The fourth-order valence-electron chi connectivity index (χ4n) is 6.98. The number of methoxy groups -OCH3 is 1. The van der Waals surface area contributed by atoms with Crippen molar-refractivity contribution in [2.24, 2.45) is 7.05 Å². The van der Waals surface area contributed by atoms with E-state index < -0.39 is 11.5 Å². The zero-order valence-corrected chi connectivity index (χ0v) is 25.6. The van der Waals surface area contributed by atoms with Gasteiger partial charge in [0.25, 0.3) is 5.91 Å². The molecular weight excluding hydrogens is 568 g/mol. The third kappa shape index (κ3) is 6.07. The van der Waals surface area contributed by atoms with Crippen molar-refractivity contribution < 1.29 is 24.2 Å². The molecule has 232 valence electrons. The van der Waals surface area contributed by atoms with Gasteiger partial charge in [0.05, 0.1) is 18.5 Å². The lowest BCUT2D eigenvalue weighted by Gasteiger charge is -2.29. The van der Waals surface area contributed by atoms with Crippen molar-refractivity contribution in [3.8, 4) is 17.3 Å². The standard InChI is InChI=1S/C36H38N4O5/c1-40-29-22-25(15-18-27(29)32(24-8-3-4-9-24)33(40)28-10-7-11-30(38-28)45-2)34(43)39-36(20-5-6-21-36)35(44)37-26-16-12-23(13-17-26)14-19-31(41)42/h7,10-19,22,24H,3-6,8-9,20-21H2,1-2H3,(H,37,44)(H,39,43)(H,41,42)/b19-14+. The van der Waals surface area contributed by atoms with E-state index in [2.05, 4.69) is 15.2 Å². The molecule has 6 rings (SSSR count). The second kappa shape index (κ2) is 12.6. The molecule has 0 saturated heterocycles. The van der Waals surface area contributed by atoms with Crippen LogP contribution in [0.2, 0.25) is 0 Å². The first-order chi connectivity index (χ1) is 21.8. The zero-order valence-electron chi connectivity index (χ0n) is 25.6. The third-order valence-electron chi connectivity index (χ3n) is 9.27. The van der Waals surface area contributed by atoms with Gasteiger partial charge in [-0.15, -0.1) is 0 Å². The van der Waals surface area contributed by atoms with E-state index in [1.807, 2.05) is 43.4 Å². The van der Waals surface area contributed by atoms with E-state index in [1.165, 1.54) is 24.5 Å². The molecule has 9 nitrogen and oxygen atoms in total. The first-order valence-electron chi connectivity index (χ1n) is 15.6. The summed E-state index contributed by atoms with van der Waals surface area (Å²) in [6, 6.07) is 18.6. The molecule has 0 atom stereocenters. The number of pyridine rings is 1. The SMILES string of the molecule is COc1cccc(-c2c(C3CCCC3)c3ccc(C(=O)NC4(C(=O)Nc5ccc(/C=C/C(=O)O)cc5)CCCC4)cc3n2C)n1. The van der Waals surface area contributed by atoms with Crippen LogP contribution < -0.4 is 15.4 Å². The van der Waals surface area contributed by atoms with Crippen molar-refractivity contribution in [2.45, 2.75) is 62.8 Å². The van der Waals surface area contributed by atoms with Crippen molar-refractivity contribution in [3.05, 3.63) is 83.4 Å². The number of anilines is 1. The number of nitrogens with zero attached hydrogens (tertiary/aromatic N) is 2. The lowest BCUT2D eigenvalue weighted by Crippen LogP contribution is -2.55. The van der Waals surface area contributed by atoms with E-state index in [0.29, 0.717) is 41.5 Å². The molecule has 9 heteroatoms. The van der Waals surface area contributed by atoms with E-state index in [1.54, 1.807) is 31.4 Å². The van der Waals surface area contributed by atoms with E-state index in [9.17, 15) is 14.4 Å². The lowest BCUT2D eigenvalue weighted by atomic mass is 9.92. The summed E-state index contributed by atoms with van der Waals surface area (Å²) in [6.45, 7) is 0. The summed E-state index contributed by atoms with van der Waals surface area (Å²) in [4.78, 5) is 43.0. The number of aliphatic carboxylic acids is 1. The summed E-state index contributed by atoms with van der Waals surface area (Å²) in [7, 11) is 3.64. The van der Waals surface area contributed by atoms with E-state index in [-0.39, 0.29) is 11.8 Å². The first kappa shape index (κ1) is 30.1. The quantitative estimate of drug-likeness (QED) is 0.183. The Labute approximate surface area is 262 Å². The van der Waals surface area contributed by atoms with Crippen LogP contribution in [-0.4, -0.2) is 45.1 Å². The number of fused-ring (bicyclic) bond motifs is 1. The van der Waals surface area contributed by atoms with Gasteiger partial charge >= 0.3 is 5.97 Å². The van der Waals surface area contributed by atoms with Crippen LogP contribution in [0.5, 0.6) is 5.88 Å². The maximum atomic E-state index is 13.8. The van der Waals surface area contributed by atoms with E-state index in [0.717, 1.165) is 54.1 Å². The van der Waals surface area contributed by atoms with Crippen LogP contribution in [0.4, 0.5) is 5.69 Å². The van der Waals surface area contributed by atoms with Gasteiger partial charge in [0, 0.05) is 41.3 Å². The molecule has 45 heavy (non-hydrogen) atoms. The fraction of sp³-hybridized carbons (Fsp3) is 0.333. The van der Waals surface area contributed by atoms with Crippen LogP contribution in [0.3, 0.4) is 0 Å². The normalized spacial score (nSPS) is 16.3. The number of carbonyl (C=O) groups excluding carboxylic acids is 2. The third-order valence-corrected chi connectivity index (χ3v) is 9.27. The van der Waals surface area contributed by atoms with Gasteiger partial charge < -0.3 is 25.0 Å². The molecule has 2 aromatic carbocycles. The molecule has 0 unspecified atom stereocenters. The number of amides is 2. The highest BCUT2D eigenvalue weighted by Crippen LogP contribution is 2.44. The Morgan fingerprint density at radius 3 is 2.42 bits per heavy atom. The molecule has 0 aliphatic heterocycles. The molecule has 2 aromatic heterocycles. The smallest absolute Gasteiger partial charge is 0.328 e. The van der Waals surface area contributed by atoms with Gasteiger partial charge in [-0.3, -0.25) is 9.59 Å². The molecule has 2 aliphatic rings. The van der Waals surface area contributed by atoms with Gasteiger partial charge in [0.2, 0.25) is 11.8 Å². The monoisotopic (exact) mass is 606 g/mol. The Morgan fingerprint density at radius 2 is 1.73 bits per heavy atom. The van der Waals surface area contributed by atoms with Crippen molar-refractivity contribution in [1.29, 1.82) is 0 Å². The van der Waals surface area contributed by atoms with Crippen LogP contribution >= 0.6 is 0 Å². The van der Waals surface area contributed by atoms with Gasteiger partial charge in [0.15, 0.2) is 0 Å². The van der Waals surface area contributed by atoms with Gasteiger partial charge in [-0.25, -0.2) is 9.78 Å².